The van der Waals surface area contributed by atoms with Crippen molar-refractivity contribution in [3.05, 3.63) is 64.2 Å². The third-order valence-corrected chi connectivity index (χ3v) is 3.96. The van der Waals surface area contributed by atoms with Gasteiger partial charge in [-0.2, -0.15) is 0 Å². The van der Waals surface area contributed by atoms with Crippen molar-refractivity contribution in [2.75, 3.05) is 12.8 Å². The number of amides is 1. The number of nitrogens with two attached hydrogens (primary N) is 1. The van der Waals surface area contributed by atoms with Gasteiger partial charge in [-0.05, 0) is 49.2 Å². The molecule has 4 heteroatoms. The molecule has 1 unspecified atom stereocenters. The second kappa shape index (κ2) is 6.19. The van der Waals surface area contributed by atoms with Crippen molar-refractivity contribution in [1.82, 2.24) is 4.90 Å². The van der Waals surface area contributed by atoms with E-state index in [1.807, 2.05) is 44.2 Å². The third-order valence-electron chi connectivity index (χ3n) is 3.72. The maximum absolute atomic E-state index is 12.7. The fraction of sp³-hybridized carbons (Fsp3) is 0.235. The van der Waals surface area contributed by atoms with Crippen LogP contribution in [0.25, 0.3) is 0 Å². The predicted molar refractivity (Wildman–Crippen MR) is 87.6 cm³/mol. The first-order valence-electron chi connectivity index (χ1n) is 6.79. The van der Waals surface area contributed by atoms with Crippen molar-refractivity contribution in [2.24, 2.45) is 0 Å². The van der Waals surface area contributed by atoms with Crippen LogP contribution in [-0.4, -0.2) is 17.9 Å². The average molecular weight is 303 g/mol. The van der Waals surface area contributed by atoms with Crippen LogP contribution in [0.5, 0.6) is 0 Å². The molecule has 0 radical (unpaired) electrons. The third kappa shape index (κ3) is 3.37. The molecule has 2 N–H and O–H groups in total. The maximum Gasteiger partial charge on any atom is 0.254 e. The average Bonchev–Trinajstić information content (AvgIpc) is 2.47. The molecule has 21 heavy (non-hydrogen) atoms. The number of carbonyl (C=O) groups is 1. The van der Waals surface area contributed by atoms with Crippen LogP contribution in [0.4, 0.5) is 5.69 Å². The molecule has 0 heterocycles. The fourth-order valence-corrected chi connectivity index (χ4v) is 2.41. The van der Waals surface area contributed by atoms with E-state index in [1.54, 1.807) is 24.1 Å². The lowest BCUT2D eigenvalue weighted by Crippen LogP contribution is -2.30. The Balaban J connectivity index is 2.28. The zero-order valence-electron chi connectivity index (χ0n) is 12.4. The zero-order chi connectivity index (χ0) is 15.6. The molecule has 2 aromatic carbocycles. The molecule has 0 saturated heterocycles. The van der Waals surface area contributed by atoms with Gasteiger partial charge >= 0.3 is 0 Å². The molecular formula is C17H19ClN2O. The summed E-state index contributed by atoms with van der Waals surface area (Å²) < 4.78 is 0. The Bertz CT molecular complexity index is 670. The number of rotatable bonds is 3. The second-order valence-corrected chi connectivity index (χ2v) is 5.66. The molecule has 1 amide bonds. The summed E-state index contributed by atoms with van der Waals surface area (Å²) in [6, 6.07) is 12.9. The van der Waals surface area contributed by atoms with E-state index >= 15 is 0 Å². The highest BCUT2D eigenvalue weighted by Gasteiger charge is 2.20. The number of nitrogens with zero attached hydrogens (tertiary/aromatic N) is 1. The number of carbonyl (C=O) groups excluding carboxylic acids is 1. The van der Waals surface area contributed by atoms with Gasteiger partial charge in [0.15, 0.2) is 0 Å². The Morgan fingerprint density at radius 2 is 1.95 bits per heavy atom. The normalized spacial score (nSPS) is 12.0. The number of halogens is 1. The summed E-state index contributed by atoms with van der Waals surface area (Å²) in [4.78, 5) is 14.4. The maximum atomic E-state index is 12.7. The molecular weight excluding hydrogens is 284 g/mol. The van der Waals surface area contributed by atoms with Gasteiger partial charge in [-0.25, -0.2) is 0 Å². The highest BCUT2D eigenvalue weighted by atomic mass is 35.5. The van der Waals surface area contributed by atoms with Gasteiger partial charge in [0.1, 0.15) is 0 Å². The van der Waals surface area contributed by atoms with Gasteiger partial charge in [0.2, 0.25) is 0 Å². The summed E-state index contributed by atoms with van der Waals surface area (Å²) in [6.45, 7) is 3.88. The second-order valence-electron chi connectivity index (χ2n) is 5.22. The van der Waals surface area contributed by atoms with E-state index in [9.17, 15) is 4.79 Å². The van der Waals surface area contributed by atoms with Crippen LogP contribution >= 0.6 is 11.6 Å². The first-order chi connectivity index (χ1) is 9.90. The highest BCUT2D eigenvalue weighted by Crippen LogP contribution is 2.24. The predicted octanol–water partition coefficient (Wildman–Crippen LogP) is 4.06. The van der Waals surface area contributed by atoms with Crippen LogP contribution in [0.15, 0.2) is 42.5 Å². The molecule has 3 nitrogen and oxygen atoms in total. The molecule has 0 spiro atoms. The summed E-state index contributed by atoms with van der Waals surface area (Å²) in [5.41, 5.74) is 9.04. The molecule has 0 aliphatic heterocycles. The number of hydrogen-bond donors (Lipinski definition) is 1. The lowest BCUT2D eigenvalue weighted by atomic mass is 10.0. The Morgan fingerprint density at radius 1 is 1.24 bits per heavy atom. The summed E-state index contributed by atoms with van der Waals surface area (Å²) in [5.74, 6) is -0.0510. The molecule has 0 aliphatic rings. The van der Waals surface area contributed by atoms with Crippen LogP contribution in [0.1, 0.15) is 34.5 Å². The van der Waals surface area contributed by atoms with Gasteiger partial charge in [0.25, 0.3) is 5.91 Å². The number of aryl methyl sites for hydroxylation is 1. The first-order valence-corrected chi connectivity index (χ1v) is 7.16. The summed E-state index contributed by atoms with van der Waals surface area (Å²) in [5, 5.41) is 0.564. The molecule has 110 valence electrons. The van der Waals surface area contributed by atoms with E-state index in [4.69, 9.17) is 17.3 Å². The molecule has 0 bridgehead atoms. The van der Waals surface area contributed by atoms with Crippen LogP contribution < -0.4 is 5.73 Å². The number of hydrogen-bond acceptors (Lipinski definition) is 2. The molecule has 0 aromatic heterocycles. The van der Waals surface area contributed by atoms with Gasteiger partial charge in [-0.3, -0.25) is 4.79 Å². The fourth-order valence-electron chi connectivity index (χ4n) is 2.23. The zero-order valence-corrected chi connectivity index (χ0v) is 13.2. The summed E-state index contributed by atoms with van der Waals surface area (Å²) in [7, 11) is 1.79. The first kappa shape index (κ1) is 15.4. The van der Waals surface area contributed by atoms with Crippen molar-refractivity contribution in [3.63, 3.8) is 0 Å². The van der Waals surface area contributed by atoms with Crippen molar-refractivity contribution >= 4 is 23.2 Å². The number of anilines is 1. The molecule has 0 saturated carbocycles. The molecule has 1 atom stereocenters. The summed E-state index contributed by atoms with van der Waals surface area (Å²) >= 11 is 6.00. The van der Waals surface area contributed by atoms with Crippen molar-refractivity contribution in [1.29, 1.82) is 0 Å². The Kier molecular flexibility index (Phi) is 4.53. The number of nitrogen functional groups attached to an aromatic ring is 1. The summed E-state index contributed by atoms with van der Waals surface area (Å²) in [6.07, 6.45) is 0. The van der Waals surface area contributed by atoms with E-state index in [0.29, 0.717) is 16.3 Å². The standard InChI is InChI=1S/C17H19ClN2O/c1-11-7-8-14(18)10-16(11)17(21)20(3)12(2)13-5-4-6-15(19)9-13/h4-10,12H,19H2,1-3H3. The van der Waals surface area contributed by atoms with Crippen molar-refractivity contribution < 1.29 is 4.79 Å². The minimum Gasteiger partial charge on any atom is -0.399 e. The van der Waals surface area contributed by atoms with E-state index in [0.717, 1.165) is 11.1 Å². The quantitative estimate of drug-likeness (QED) is 0.869. The molecule has 2 aromatic rings. The SMILES string of the molecule is Cc1ccc(Cl)cc1C(=O)N(C)C(C)c1cccc(N)c1. The van der Waals surface area contributed by atoms with Crippen molar-refractivity contribution in [2.45, 2.75) is 19.9 Å². The van der Waals surface area contributed by atoms with Crippen LogP contribution in [0, 0.1) is 6.92 Å². The topological polar surface area (TPSA) is 46.3 Å². The van der Waals surface area contributed by atoms with Gasteiger partial charge in [0, 0.05) is 23.3 Å². The van der Waals surface area contributed by atoms with Crippen LogP contribution in [0.2, 0.25) is 5.02 Å². The van der Waals surface area contributed by atoms with Crippen LogP contribution in [0.3, 0.4) is 0 Å². The van der Waals surface area contributed by atoms with Gasteiger partial charge in [0.05, 0.1) is 6.04 Å². The highest BCUT2D eigenvalue weighted by molar-refractivity contribution is 6.31. The smallest absolute Gasteiger partial charge is 0.254 e. The minimum atomic E-state index is -0.0700. The minimum absolute atomic E-state index is 0.0510. The van der Waals surface area contributed by atoms with Gasteiger partial charge in [-0.15, -0.1) is 0 Å². The van der Waals surface area contributed by atoms with Gasteiger partial charge in [-0.1, -0.05) is 29.8 Å². The lowest BCUT2D eigenvalue weighted by molar-refractivity contribution is 0.0742. The number of benzene rings is 2. The largest absolute Gasteiger partial charge is 0.399 e. The van der Waals surface area contributed by atoms with E-state index in [1.165, 1.54) is 0 Å². The molecule has 2 rings (SSSR count). The van der Waals surface area contributed by atoms with E-state index in [2.05, 4.69) is 0 Å². The van der Waals surface area contributed by atoms with Crippen LogP contribution in [-0.2, 0) is 0 Å². The van der Waals surface area contributed by atoms with Crippen molar-refractivity contribution in [3.8, 4) is 0 Å². The monoisotopic (exact) mass is 302 g/mol. The van der Waals surface area contributed by atoms with E-state index < -0.39 is 0 Å². The molecule has 0 fully saturated rings. The lowest BCUT2D eigenvalue weighted by Gasteiger charge is -2.26. The Hall–Kier alpha value is -2.00. The van der Waals surface area contributed by atoms with Gasteiger partial charge < -0.3 is 10.6 Å². The Labute approximate surface area is 130 Å². The molecule has 0 aliphatic carbocycles. The Morgan fingerprint density at radius 3 is 2.62 bits per heavy atom. The van der Waals surface area contributed by atoms with E-state index in [-0.39, 0.29) is 11.9 Å².